The summed E-state index contributed by atoms with van der Waals surface area (Å²) in [5.74, 6) is 0. The van der Waals surface area contributed by atoms with Crippen molar-refractivity contribution in [2.75, 3.05) is 18.4 Å². The molecule has 1 saturated heterocycles. The Morgan fingerprint density at radius 2 is 1.96 bits per heavy atom. The highest BCUT2D eigenvalue weighted by molar-refractivity contribution is 7.91. The van der Waals surface area contributed by atoms with E-state index in [1.54, 1.807) is 21.8 Å². The molecule has 2 aromatic rings. The quantitative estimate of drug-likeness (QED) is 0.788. The van der Waals surface area contributed by atoms with E-state index < -0.39 is 10.0 Å². The van der Waals surface area contributed by atoms with Crippen LogP contribution >= 0.6 is 11.3 Å². The van der Waals surface area contributed by atoms with Gasteiger partial charge < -0.3 is 10.6 Å². The van der Waals surface area contributed by atoms with E-state index in [0.29, 0.717) is 23.7 Å². The number of carbonyl (C=O) groups is 1. The summed E-state index contributed by atoms with van der Waals surface area (Å²) < 4.78 is 27.7. The van der Waals surface area contributed by atoms with Crippen LogP contribution in [-0.2, 0) is 10.0 Å². The lowest BCUT2D eigenvalue weighted by atomic mass is 10.0. The molecule has 0 aliphatic carbocycles. The summed E-state index contributed by atoms with van der Waals surface area (Å²) in [4.78, 5) is 12.0. The van der Waals surface area contributed by atoms with Crippen LogP contribution < -0.4 is 10.6 Å². The van der Waals surface area contributed by atoms with Crippen molar-refractivity contribution in [2.24, 2.45) is 0 Å². The highest BCUT2D eigenvalue weighted by Crippen LogP contribution is 2.29. The molecule has 2 N–H and O–H groups in total. The van der Waals surface area contributed by atoms with Crippen LogP contribution in [0, 0.1) is 0 Å². The molecule has 3 rings (SSSR count). The Balaban J connectivity index is 1.55. The second-order valence-electron chi connectivity index (χ2n) is 6.23. The number of rotatable bonds is 6. The number of thiophene rings is 1. The van der Waals surface area contributed by atoms with Gasteiger partial charge in [-0.3, -0.25) is 0 Å². The molecule has 0 saturated carbocycles. The van der Waals surface area contributed by atoms with Gasteiger partial charge in [0.1, 0.15) is 4.21 Å². The molecular formula is C18H23N3O3S2. The van der Waals surface area contributed by atoms with Crippen LogP contribution in [0.2, 0.25) is 0 Å². The average Bonchev–Trinajstić information content (AvgIpc) is 3.18. The Bertz CT molecular complexity index is 807. The molecule has 1 aromatic carbocycles. The number of sulfonamides is 1. The van der Waals surface area contributed by atoms with Gasteiger partial charge in [-0.2, -0.15) is 4.31 Å². The Morgan fingerprint density at radius 1 is 1.15 bits per heavy atom. The predicted octanol–water partition coefficient (Wildman–Crippen LogP) is 3.50. The minimum absolute atomic E-state index is 0.0760. The van der Waals surface area contributed by atoms with Gasteiger partial charge in [-0.15, -0.1) is 11.3 Å². The Kier molecular flexibility index (Phi) is 6.29. The summed E-state index contributed by atoms with van der Waals surface area (Å²) >= 11 is 1.25. The molecule has 140 valence electrons. The van der Waals surface area contributed by atoms with Gasteiger partial charge in [0.05, 0.1) is 0 Å². The number of hydrogen-bond donors (Lipinski definition) is 2. The van der Waals surface area contributed by atoms with Gasteiger partial charge in [-0.1, -0.05) is 30.7 Å². The highest BCUT2D eigenvalue weighted by atomic mass is 32.2. The van der Waals surface area contributed by atoms with Crippen molar-refractivity contribution in [2.45, 2.75) is 35.9 Å². The van der Waals surface area contributed by atoms with Gasteiger partial charge in [-0.25, -0.2) is 13.2 Å². The number of nitrogens with zero attached hydrogens (tertiary/aromatic N) is 1. The molecule has 0 spiro atoms. The van der Waals surface area contributed by atoms with E-state index in [4.69, 9.17) is 0 Å². The molecule has 8 heteroatoms. The molecule has 1 aliphatic heterocycles. The Labute approximate surface area is 158 Å². The average molecular weight is 394 g/mol. The summed E-state index contributed by atoms with van der Waals surface area (Å²) in [6.45, 7) is 0.973. The number of para-hydroxylation sites is 1. The van der Waals surface area contributed by atoms with Gasteiger partial charge in [0.15, 0.2) is 0 Å². The molecule has 2 heterocycles. The first-order chi connectivity index (χ1) is 12.6. The summed E-state index contributed by atoms with van der Waals surface area (Å²) in [5, 5.41) is 7.36. The van der Waals surface area contributed by atoms with E-state index in [1.165, 1.54) is 11.3 Å². The molecule has 2 amide bonds. The van der Waals surface area contributed by atoms with Gasteiger partial charge in [-0.05, 0) is 42.8 Å². The van der Waals surface area contributed by atoms with Gasteiger partial charge in [0.2, 0.25) is 0 Å². The molecular weight excluding hydrogens is 370 g/mol. The Morgan fingerprint density at radius 3 is 2.69 bits per heavy atom. The smallest absolute Gasteiger partial charge is 0.319 e. The summed E-state index contributed by atoms with van der Waals surface area (Å²) in [5.41, 5.74) is 0.726. The van der Waals surface area contributed by atoms with Crippen LogP contribution in [0.1, 0.15) is 25.7 Å². The third kappa shape index (κ3) is 4.63. The van der Waals surface area contributed by atoms with E-state index in [9.17, 15) is 13.2 Å². The molecule has 1 aromatic heterocycles. The lowest BCUT2D eigenvalue weighted by Gasteiger charge is -2.34. The monoisotopic (exact) mass is 393 g/mol. The van der Waals surface area contributed by atoms with E-state index in [-0.39, 0.29) is 12.1 Å². The maximum Gasteiger partial charge on any atom is 0.319 e. The van der Waals surface area contributed by atoms with Crippen molar-refractivity contribution in [1.29, 1.82) is 0 Å². The van der Waals surface area contributed by atoms with Crippen LogP contribution in [0.3, 0.4) is 0 Å². The number of benzene rings is 1. The normalized spacial score (nSPS) is 18.4. The molecule has 1 unspecified atom stereocenters. The summed E-state index contributed by atoms with van der Waals surface area (Å²) in [6, 6.07) is 12.3. The Hall–Kier alpha value is -1.90. The summed E-state index contributed by atoms with van der Waals surface area (Å²) in [6.07, 6.45) is 3.32. The lowest BCUT2D eigenvalue weighted by Crippen LogP contribution is -2.45. The SMILES string of the molecule is O=C(NCCC1CCCCN1S(=O)(=O)c1cccs1)Nc1ccccc1. The molecule has 26 heavy (non-hydrogen) atoms. The number of nitrogens with one attached hydrogen (secondary N) is 2. The molecule has 1 fully saturated rings. The number of amides is 2. The van der Waals surface area contributed by atoms with Crippen LogP contribution in [0.5, 0.6) is 0 Å². The fraction of sp³-hybridized carbons (Fsp3) is 0.389. The van der Waals surface area contributed by atoms with Gasteiger partial charge in [0, 0.05) is 24.8 Å². The van der Waals surface area contributed by atoms with Crippen LogP contribution in [0.25, 0.3) is 0 Å². The molecule has 0 radical (unpaired) electrons. The van der Waals surface area contributed by atoms with Crippen LogP contribution in [-0.4, -0.2) is 37.9 Å². The third-order valence-electron chi connectivity index (χ3n) is 4.43. The topological polar surface area (TPSA) is 78.5 Å². The van der Waals surface area contributed by atoms with Crippen LogP contribution in [0.4, 0.5) is 10.5 Å². The van der Waals surface area contributed by atoms with E-state index in [0.717, 1.165) is 24.9 Å². The van der Waals surface area contributed by atoms with Crippen molar-refractivity contribution in [3.63, 3.8) is 0 Å². The first kappa shape index (κ1) is 18.9. The minimum Gasteiger partial charge on any atom is -0.338 e. The third-order valence-corrected chi connectivity index (χ3v) is 7.75. The van der Waals surface area contributed by atoms with Crippen molar-refractivity contribution >= 4 is 33.1 Å². The zero-order valence-electron chi connectivity index (χ0n) is 14.4. The van der Waals surface area contributed by atoms with Crippen molar-refractivity contribution < 1.29 is 13.2 Å². The second-order valence-corrected chi connectivity index (χ2v) is 9.30. The van der Waals surface area contributed by atoms with Crippen LogP contribution in [0.15, 0.2) is 52.1 Å². The van der Waals surface area contributed by atoms with Crippen molar-refractivity contribution in [1.82, 2.24) is 9.62 Å². The van der Waals surface area contributed by atoms with Crippen molar-refractivity contribution in [3.05, 3.63) is 47.8 Å². The highest BCUT2D eigenvalue weighted by Gasteiger charge is 2.33. The predicted molar refractivity (Wildman–Crippen MR) is 104 cm³/mol. The number of urea groups is 1. The second kappa shape index (κ2) is 8.66. The number of anilines is 1. The first-order valence-electron chi connectivity index (χ1n) is 8.72. The van der Waals surface area contributed by atoms with E-state index >= 15 is 0 Å². The van der Waals surface area contributed by atoms with E-state index in [1.807, 2.05) is 30.3 Å². The standard InChI is InChI=1S/C18H23N3O3S2/c22-18(20-15-7-2-1-3-8-15)19-12-11-16-9-4-5-13-21(16)26(23,24)17-10-6-14-25-17/h1-3,6-8,10,14,16H,4-5,9,11-13H2,(H2,19,20,22). The van der Waals surface area contributed by atoms with E-state index in [2.05, 4.69) is 10.6 Å². The molecule has 1 aliphatic rings. The first-order valence-corrected chi connectivity index (χ1v) is 11.0. The lowest BCUT2D eigenvalue weighted by molar-refractivity contribution is 0.234. The van der Waals surface area contributed by atoms with Crippen molar-refractivity contribution in [3.8, 4) is 0 Å². The zero-order chi connectivity index (χ0) is 18.4. The minimum atomic E-state index is -3.44. The number of piperidine rings is 1. The molecule has 0 bridgehead atoms. The summed E-state index contributed by atoms with van der Waals surface area (Å²) in [7, 11) is -3.44. The number of carbonyl (C=O) groups excluding carboxylic acids is 1. The zero-order valence-corrected chi connectivity index (χ0v) is 16.1. The fourth-order valence-electron chi connectivity index (χ4n) is 3.15. The maximum absolute atomic E-state index is 12.8. The molecule has 6 nitrogen and oxygen atoms in total. The van der Waals surface area contributed by atoms with Gasteiger partial charge >= 0.3 is 6.03 Å². The largest absolute Gasteiger partial charge is 0.338 e. The maximum atomic E-state index is 12.8. The molecule has 1 atom stereocenters. The van der Waals surface area contributed by atoms with Gasteiger partial charge in [0.25, 0.3) is 10.0 Å². The fourth-order valence-corrected chi connectivity index (χ4v) is 6.00. The number of hydrogen-bond acceptors (Lipinski definition) is 4.